The average molecular weight is 499 g/mol. The fourth-order valence-electron chi connectivity index (χ4n) is 4.20. The smallest absolute Gasteiger partial charge is 0.253 e. The third kappa shape index (κ3) is 5.23. The molecule has 1 atom stereocenters. The average Bonchev–Trinajstić information content (AvgIpc) is 2.89. The van der Waals surface area contributed by atoms with Gasteiger partial charge in [0.25, 0.3) is 5.91 Å². The Morgan fingerprint density at radius 2 is 1.57 bits per heavy atom. The van der Waals surface area contributed by atoms with E-state index in [0.29, 0.717) is 17.2 Å². The van der Waals surface area contributed by atoms with Gasteiger partial charge in [-0.3, -0.25) is 19.8 Å². The first-order chi connectivity index (χ1) is 16.7. The van der Waals surface area contributed by atoms with E-state index in [1.807, 2.05) is 12.1 Å². The van der Waals surface area contributed by atoms with Crippen molar-refractivity contribution in [2.75, 3.05) is 31.2 Å². The highest BCUT2D eigenvalue weighted by Crippen LogP contribution is 2.24. The van der Waals surface area contributed by atoms with Gasteiger partial charge < -0.3 is 4.90 Å². The van der Waals surface area contributed by atoms with Crippen molar-refractivity contribution in [3.05, 3.63) is 59.7 Å². The fraction of sp³-hybridized carbons (Fsp3) is 0.400. The second kappa shape index (κ2) is 10.2. The highest BCUT2D eigenvalue weighted by Gasteiger charge is 2.31. The van der Waals surface area contributed by atoms with Gasteiger partial charge in [0.05, 0.1) is 10.6 Å². The van der Waals surface area contributed by atoms with E-state index in [2.05, 4.69) is 19.3 Å². The molecule has 35 heavy (non-hydrogen) atoms. The van der Waals surface area contributed by atoms with Crippen molar-refractivity contribution in [3.63, 3.8) is 0 Å². The van der Waals surface area contributed by atoms with Crippen LogP contribution in [0.2, 0.25) is 0 Å². The topological polar surface area (TPSA) is 107 Å². The monoisotopic (exact) mass is 498 g/mol. The van der Waals surface area contributed by atoms with Crippen molar-refractivity contribution in [3.8, 4) is 0 Å². The molecule has 0 saturated carbocycles. The number of carbonyl (C=O) groups excluding carboxylic acids is 3. The summed E-state index contributed by atoms with van der Waals surface area (Å²) < 4.78 is 27.6. The molecular formula is C25H30N4O5S. The minimum absolute atomic E-state index is 0.141. The molecule has 2 heterocycles. The van der Waals surface area contributed by atoms with Crippen molar-refractivity contribution in [2.24, 2.45) is 0 Å². The van der Waals surface area contributed by atoms with Gasteiger partial charge in [-0.1, -0.05) is 26.0 Å². The third-order valence-corrected chi connectivity index (χ3v) is 8.56. The highest BCUT2D eigenvalue weighted by molar-refractivity contribution is 7.89. The van der Waals surface area contributed by atoms with E-state index < -0.39 is 10.0 Å². The number of nitrogens with one attached hydrogen (secondary N) is 1. The summed E-state index contributed by atoms with van der Waals surface area (Å²) in [5.41, 5.74) is 4.55. The number of anilines is 1. The van der Waals surface area contributed by atoms with Crippen molar-refractivity contribution in [2.45, 2.75) is 43.9 Å². The van der Waals surface area contributed by atoms with E-state index in [9.17, 15) is 22.8 Å². The van der Waals surface area contributed by atoms with Gasteiger partial charge in [-0.25, -0.2) is 13.4 Å². The predicted octanol–water partition coefficient (Wildman–Crippen LogP) is 2.50. The summed E-state index contributed by atoms with van der Waals surface area (Å²) in [7, 11) is -3.63. The molecule has 0 aromatic heterocycles. The molecule has 3 amide bonds. The number of hydrogen-bond acceptors (Lipinski definition) is 5. The quantitative estimate of drug-likeness (QED) is 0.659. The lowest BCUT2D eigenvalue weighted by atomic mass is 9.99. The zero-order valence-electron chi connectivity index (χ0n) is 19.9. The van der Waals surface area contributed by atoms with Gasteiger partial charge >= 0.3 is 0 Å². The molecule has 0 radical (unpaired) electrons. The Bertz CT molecular complexity index is 1200. The van der Waals surface area contributed by atoms with Gasteiger partial charge in [-0.15, -0.1) is 0 Å². The number of hydrogen-bond donors (Lipinski definition) is 1. The molecule has 186 valence electrons. The van der Waals surface area contributed by atoms with E-state index in [1.165, 1.54) is 9.31 Å². The van der Waals surface area contributed by atoms with Crippen molar-refractivity contribution >= 4 is 33.4 Å². The van der Waals surface area contributed by atoms with Gasteiger partial charge in [0, 0.05) is 44.6 Å². The molecule has 10 heteroatoms. The van der Waals surface area contributed by atoms with Crippen molar-refractivity contribution < 1.29 is 22.8 Å². The van der Waals surface area contributed by atoms with E-state index in [-0.39, 0.29) is 61.6 Å². The van der Waals surface area contributed by atoms with Gasteiger partial charge in [0.15, 0.2) is 0 Å². The third-order valence-electron chi connectivity index (χ3n) is 6.65. The van der Waals surface area contributed by atoms with Gasteiger partial charge in [-0.2, -0.15) is 4.31 Å². The largest absolute Gasteiger partial charge is 0.336 e. The molecular weight excluding hydrogens is 468 g/mol. The van der Waals surface area contributed by atoms with E-state index in [0.717, 1.165) is 12.0 Å². The maximum absolute atomic E-state index is 13.1. The molecule has 2 fully saturated rings. The molecule has 2 saturated heterocycles. The summed E-state index contributed by atoms with van der Waals surface area (Å²) in [6.45, 7) is 5.20. The van der Waals surface area contributed by atoms with Gasteiger partial charge in [0.2, 0.25) is 21.8 Å². The fourth-order valence-corrected chi connectivity index (χ4v) is 5.63. The maximum Gasteiger partial charge on any atom is 0.253 e. The Balaban J connectivity index is 1.38. The van der Waals surface area contributed by atoms with Gasteiger partial charge in [-0.05, 0) is 54.3 Å². The van der Waals surface area contributed by atoms with E-state index in [4.69, 9.17) is 0 Å². The molecule has 1 unspecified atom stereocenters. The molecule has 2 aliphatic heterocycles. The van der Waals surface area contributed by atoms with Crippen LogP contribution in [0.3, 0.4) is 0 Å². The van der Waals surface area contributed by atoms with E-state index >= 15 is 0 Å². The molecule has 2 aromatic rings. The minimum Gasteiger partial charge on any atom is -0.336 e. The predicted molar refractivity (Wildman–Crippen MR) is 131 cm³/mol. The lowest BCUT2D eigenvalue weighted by molar-refractivity contribution is -0.130. The first-order valence-corrected chi connectivity index (χ1v) is 13.3. The Morgan fingerprint density at radius 3 is 2.17 bits per heavy atom. The zero-order valence-corrected chi connectivity index (χ0v) is 20.8. The van der Waals surface area contributed by atoms with Crippen molar-refractivity contribution in [1.82, 2.24) is 14.6 Å². The first-order valence-electron chi connectivity index (χ1n) is 11.8. The summed E-state index contributed by atoms with van der Waals surface area (Å²) >= 11 is 0. The molecule has 4 rings (SSSR count). The van der Waals surface area contributed by atoms with Crippen LogP contribution < -0.4 is 10.4 Å². The standard InChI is InChI=1S/C25H30N4O5S/c1-3-18(2)19-6-10-22(11-7-19)35(33,34)28-16-14-27(15-17-28)25(32)20-4-8-21(9-5-20)29-24(31)13-12-23(30)26-29/h4-11,18H,3,12-17H2,1-2H3,(H,26,30). The summed E-state index contributed by atoms with van der Waals surface area (Å²) in [6, 6.07) is 13.5. The maximum atomic E-state index is 13.1. The number of carbonyl (C=O) groups is 3. The molecule has 0 spiro atoms. The second-order valence-electron chi connectivity index (χ2n) is 8.89. The number of piperazine rings is 1. The summed E-state index contributed by atoms with van der Waals surface area (Å²) in [5.74, 6) is -0.283. The number of sulfonamides is 1. The lowest BCUT2D eigenvalue weighted by Crippen LogP contribution is -2.51. The van der Waals surface area contributed by atoms with Crippen LogP contribution in [0.25, 0.3) is 0 Å². The summed E-state index contributed by atoms with van der Waals surface area (Å²) in [4.78, 5) is 38.5. The van der Waals surface area contributed by atoms with Crippen LogP contribution in [-0.4, -0.2) is 61.5 Å². The Kier molecular flexibility index (Phi) is 7.23. The molecule has 0 bridgehead atoms. The highest BCUT2D eigenvalue weighted by atomic mass is 32.2. The minimum atomic E-state index is -3.63. The van der Waals surface area contributed by atoms with Crippen LogP contribution in [0, 0.1) is 0 Å². The molecule has 2 aromatic carbocycles. The number of hydrazine groups is 1. The zero-order chi connectivity index (χ0) is 25.2. The number of nitrogens with zero attached hydrogens (tertiary/aromatic N) is 3. The van der Waals surface area contributed by atoms with Crippen LogP contribution in [0.5, 0.6) is 0 Å². The Morgan fingerprint density at radius 1 is 0.943 bits per heavy atom. The van der Waals surface area contributed by atoms with Crippen LogP contribution in [0.4, 0.5) is 5.69 Å². The second-order valence-corrected chi connectivity index (χ2v) is 10.8. The summed E-state index contributed by atoms with van der Waals surface area (Å²) in [6.07, 6.45) is 1.29. The van der Waals surface area contributed by atoms with E-state index in [1.54, 1.807) is 41.3 Å². The Hall–Kier alpha value is -3.24. The number of rotatable bonds is 6. The van der Waals surface area contributed by atoms with Gasteiger partial charge in [0.1, 0.15) is 0 Å². The van der Waals surface area contributed by atoms with Crippen molar-refractivity contribution in [1.29, 1.82) is 0 Å². The normalized spacial score (nSPS) is 18.3. The molecule has 1 N–H and O–H groups in total. The van der Waals surface area contributed by atoms with Crippen LogP contribution in [0.1, 0.15) is 54.9 Å². The molecule has 2 aliphatic rings. The van der Waals surface area contributed by atoms with Crippen LogP contribution >= 0.6 is 0 Å². The summed E-state index contributed by atoms with van der Waals surface area (Å²) in [5, 5.41) is 1.19. The lowest BCUT2D eigenvalue weighted by Gasteiger charge is -2.34. The SMILES string of the molecule is CCC(C)c1ccc(S(=O)(=O)N2CCN(C(=O)c3ccc(N4NC(=O)CCC4=O)cc3)CC2)cc1. The van der Waals surface area contributed by atoms with Crippen LogP contribution in [0.15, 0.2) is 53.4 Å². The molecule has 9 nitrogen and oxygen atoms in total. The molecule has 0 aliphatic carbocycles. The number of benzene rings is 2. The number of amides is 3. The Labute approximate surface area is 205 Å². The first kappa shape index (κ1) is 24.9. The van der Waals surface area contributed by atoms with Crippen LogP contribution in [-0.2, 0) is 19.6 Å².